The summed E-state index contributed by atoms with van der Waals surface area (Å²) < 4.78 is 76.4. The highest BCUT2D eigenvalue weighted by Gasteiger charge is 2.37. The van der Waals surface area contributed by atoms with Crippen LogP contribution in [0.2, 0.25) is 0 Å². The van der Waals surface area contributed by atoms with E-state index in [1.807, 2.05) is 0 Å². The van der Waals surface area contributed by atoms with Gasteiger partial charge in [0.25, 0.3) is 5.91 Å². The Bertz CT molecular complexity index is 1200. The molecule has 0 heterocycles. The summed E-state index contributed by atoms with van der Waals surface area (Å²) in [5.41, 5.74) is -0.660. The van der Waals surface area contributed by atoms with E-state index in [0.717, 1.165) is 0 Å². The van der Waals surface area contributed by atoms with Gasteiger partial charge in [-0.2, -0.15) is 8.78 Å². The summed E-state index contributed by atoms with van der Waals surface area (Å²) in [7, 11) is 0. The molecule has 0 saturated heterocycles. The summed E-state index contributed by atoms with van der Waals surface area (Å²) in [6.07, 6.45) is -0.0769. The van der Waals surface area contributed by atoms with E-state index >= 15 is 0 Å². The predicted molar refractivity (Wildman–Crippen MR) is 118 cm³/mol. The minimum atomic E-state index is -2.41. The molecule has 0 aliphatic heterocycles. The Hall–Kier alpha value is -3.80. The highest BCUT2D eigenvalue weighted by Crippen LogP contribution is 2.30. The number of benzene rings is 2. The summed E-state index contributed by atoms with van der Waals surface area (Å²) in [6, 6.07) is 6.52. The minimum absolute atomic E-state index is 0.0420. The van der Waals surface area contributed by atoms with Crippen molar-refractivity contribution in [2.24, 2.45) is 0 Å². The van der Waals surface area contributed by atoms with Gasteiger partial charge in [0, 0.05) is 12.1 Å². The summed E-state index contributed by atoms with van der Waals surface area (Å²) >= 11 is 0. The first kappa shape index (κ1) is 27.8. The molecule has 198 valence electrons. The fraction of sp³-hybridized carbons (Fsp3) is 0.320. The van der Waals surface area contributed by atoms with Gasteiger partial charge >= 0.3 is 6.16 Å². The normalized spacial score (nSPS) is 19.5. The van der Waals surface area contributed by atoms with Crippen LogP contribution in [0.25, 0.3) is 0 Å². The maximum absolute atomic E-state index is 13.7. The fourth-order valence-corrected chi connectivity index (χ4v) is 3.61. The number of amides is 1. The second-order valence-corrected chi connectivity index (χ2v) is 8.38. The zero-order chi connectivity index (χ0) is 27.3. The Labute approximate surface area is 207 Å². The smallest absolute Gasteiger partial charge is 0.426 e. The lowest BCUT2D eigenvalue weighted by atomic mass is 9.87. The number of ketones is 1. The topological polar surface area (TPSA) is 102 Å². The van der Waals surface area contributed by atoms with Crippen molar-refractivity contribution < 1.29 is 50.9 Å². The van der Waals surface area contributed by atoms with Crippen molar-refractivity contribution in [3.8, 4) is 5.75 Å². The van der Waals surface area contributed by atoms with E-state index in [0.29, 0.717) is 11.1 Å². The van der Waals surface area contributed by atoms with Crippen LogP contribution in [-0.2, 0) is 16.1 Å². The minimum Gasteiger partial charge on any atom is -0.426 e. The molecule has 0 aromatic heterocycles. The van der Waals surface area contributed by atoms with Crippen LogP contribution in [0.15, 0.2) is 36.4 Å². The van der Waals surface area contributed by atoms with Crippen molar-refractivity contribution in [1.82, 2.24) is 5.32 Å². The molecule has 2 atom stereocenters. The highest BCUT2D eigenvalue weighted by molar-refractivity contribution is 5.94. The number of ether oxygens (including phenoxy) is 2. The lowest BCUT2D eigenvalue weighted by molar-refractivity contribution is -0.142. The number of hydrogen-bond donors (Lipinski definition) is 2. The molecular weight excluding hydrogens is 505 g/mol. The molecule has 37 heavy (non-hydrogen) atoms. The third kappa shape index (κ3) is 6.50. The first-order chi connectivity index (χ1) is 17.4. The van der Waals surface area contributed by atoms with Gasteiger partial charge in [0.1, 0.15) is 11.7 Å². The van der Waals surface area contributed by atoms with E-state index in [4.69, 9.17) is 4.74 Å². The van der Waals surface area contributed by atoms with E-state index < -0.39 is 58.6 Å². The third-order valence-corrected chi connectivity index (χ3v) is 5.76. The Morgan fingerprint density at radius 1 is 0.973 bits per heavy atom. The van der Waals surface area contributed by atoms with Crippen LogP contribution < -0.4 is 10.1 Å². The van der Waals surface area contributed by atoms with Gasteiger partial charge in [0.2, 0.25) is 34.8 Å². The first-order valence-corrected chi connectivity index (χ1v) is 11.1. The number of carbonyl (C=O) groups is 3. The summed E-state index contributed by atoms with van der Waals surface area (Å²) in [4.78, 5) is 36.1. The Morgan fingerprint density at radius 2 is 1.57 bits per heavy atom. The molecule has 1 aliphatic rings. The molecule has 2 unspecified atom stereocenters. The first-order valence-electron chi connectivity index (χ1n) is 11.1. The van der Waals surface area contributed by atoms with Crippen LogP contribution >= 0.6 is 0 Å². The maximum atomic E-state index is 13.7. The van der Waals surface area contributed by atoms with Crippen molar-refractivity contribution >= 4 is 17.8 Å². The SMILES string of the molecule is CC(=O)c1ccc(CNC(=O)C2(O)CCC=CC(OC(=O)Oc3c(F)c(F)c(F)c(F)c3F)CC2)cc1. The quantitative estimate of drug-likeness (QED) is 0.108. The van der Waals surface area contributed by atoms with Gasteiger partial charge < -0.3 is 19.9 Å². The van der Waals surface area contributed by atoms with E-state index in [1.165, 1.54) is 19.1 Å². The van der Waals surface area contributed by atoms with Crippen molar-refractivity contribution in [3.05, 3.63) is 76.6 Å². The number of Topliss-reactive ketones (excluding diaryl/α,β-unsaturated/α-hetero) is 1. The summed E-state index contributed by atoms with van der Waals surface area (Å²) in [5, 5.41) is 13.5. The van der Waals surface area contributed by atoms with Gasteiger partial charge in [-0.05, 0) is 44.2 Å². The number of aliphatic hydroxyl groups is 1. The molecule has 2 aromatic carbocycles. The lowest BCUT2D eigenvalue weighted by Crippen LogP contribution is -2.47. The van der Waals surface area contributed by atoms with E-state index in [2.05, 4.69) is 10.1 Å². The monoisotopic (exact) mass is 527 g/mol. The largest absolute Gasteiger partial charge is 0.514 e. The molecule has 0 radical (unpaired) electrons. The number of rotatable bonds is 6. The number of allylic oxidation sites excluding steroid dienone is 1. The Balaban J connectivity index is 1.60. The molecule has 3 rings (SSSR count). The summed E-state index contributed by atoms with van der Waals surface area (Å²) in [6.45, 7) is 1.49. The zero-order valence-corrected chi connectivity index (χ0v) is 19.5. The molecule has 0 fully saturated rings. The van der Waals surface area contributed by atoms with Gasteiger partial charge in [0.15, 0.2) is 5.78 Å². The van der Waals surface area contributed by atoms with Gasteiger partial charge in [0.05, 0.1) is 0 Å². The van der Waals surface area contributed by atoms with Crippen LogP contribution in [-0.4, -0.2) is 34.7 Å². The maximum Gasteiger partial charge on any atom is 0.514 e. The molecular formula is C25H22F5NO6. The average molecular weight is 527 g/mol. The number of nitrogens with one attached hydrogen (secondary N) is 1. The number of carbonyl (C=O) groups excluding carboxylic acids is 3. The molecule has 0 spiro atoms. The molecule has 0 bridgehead atoms. The van der Waals surface area contributed by atoms with Gasteiger partial charge in [-0.25, -0.2) is 18.0 Å². The van der Waals surface area contributed by atoms with Crippen LogP contribution in [0.3, 0.4) is 0 Å². The molecule has 7 nitrogen and oxygen atoms in total. The lowest BCUT2D eigenvalue weighted by Gasteiger charge is -2.29. The molecule has 1 amide bonds. The van der Waals surface area contributed by atoms with Crippen LogP contribution in [0.5, 0.6) is 5.75 Å². The molecule has 0 saturated carbocycles. The number of halogens is 5. The van der Waals surface area contributed by atoms with Crippen molar-refractivity contribution in [1.29, 1.82) is 0 Å². The molecule has 12 heteroatoms. The second kappa shape index (κ2) is 11.5. The average Bonchev–Trinajstić information content (AvgIpc) is 2.87. The van der Waals surface area contributed by atoms with Crippen molar-refractivity contribution in [2.75, 3.05) is 0 Å². The van der Waals surface area contributed by atoms with Gasteiger partial charge in [-0.15, -0.1) is 0 Å². The van der Waals surface area contributed by atoms with E-state index in [1.54, 1.807) is 24.3 Å². The number of hydrogen-bond acceptors (Lipinski definition) is 6. The third-order valence-electron chi connectivity index (χ3n) is 5.76. The van der Waals surface area contributed by atoms with Crippen molar-refractivity contribution in [2.45, 2.75) is 50.9 Å². The Kier molecular flexibility index (Phi) is 8.64. The van der Waals surface area contributed by atoms with Crippen LogP contribution in [0, 0.1) is 29.1 Å². The van der Waals surface area contributed by atoms with Crippen LogP contribution in [0.1, 0.15) is 48.5 Å². The zero-order valence-electron chi connectivity index (χ0n) is 19.5. The van der Waals surface area contributed by atoms with Crippen molar-refractivity contribution in [3.63, 3.8) is 0 Å². The van der Waals surface area contributed by atoms with E-state index in [9.17, 15) is 41.4 Å². The standard InChI is InChI=1S/C25H22F5NO6/c1-13(32)15-7-5-14(6-8-15)12-31-23(33)25(35)10-3-2-4-16(9-11-25)36-24(34)37-22-20(29)18(27)17(26)19(28)21(22)30/h2,4-8,16,35H,3,9-12H2,1H3,(H,31,33). The van der Waals surface area contributed by atoms with Crippen LogP contribution in [0.4, 0.5) is 26.7 Å². The fourth-order valence-electron chi connectivity index (χ4n) is 3.61. The highest BCUT2D eigenvalue weighted by atomic mass is 19.2. The van der Waals surface area contributed by atoms with Gasteiger partial charge in [-0.3, -0.25) is 9.59 Å². The van der Waals surface area contributed by atoms with Gasteiger partial charge in [-0.1, -0.05) is 30.3 Å². The Morgan fingerprint density at radius 3 is 2.16 bits per heavy atom. The molecule has 2 aromatic rings. The molecule has 1 aliphatic carbocycles. The summed E-state index contributed by atoms with van der Waals surface area (Å²) in [5.74, 6) is -14.3. The second-order valence-electron chi connectivity index (χ2n) is 8.38. The molecule has 2 N–H and O–H groups in total. The van der Waals surface area contributed by atoms with E-state index in [-0.39, 0.29) is 38.0 Å². The predicted octanol–water partition coefficient (Wildman–Crippen LogP) is 4.65.